The lowest BCUT2D eigenvalue weighted by Crippen LogP contribution is -2.37. The molecule has 0 unspecified atom stereocenters. The van der Waals surface area contributed by atoms with E-state index >= 15 is 0 Å². The summed E-state index contributed by atoms with van der Waals surface area (Å²) < 4.78 is 24.3. The number of nitriles is 1. The largest absolute Gasteiger partial charge is 0.301 e. The van der Waals surface area contributed by atoms with Crippen LogP contribution in [0.4, 0.5) is 0 Å². The van der Waals surface area contributed by atoms with Gasteiger partial charge in [0, 0.05) is 39.8 Å². The van der Waals surface area contributed by atoms with Crippen LogP contribution in [0.3, 0.4) is 0 Å². The van der Waals surface area contributed by atoms with Crippen molar-refractivity contribution in [2.45, 2.75) is 13.0 Å². The molecular formula is C17H26N4O2S. The molecule has 1 aromatic rings. The number of hydrogen-bond donors (Lipinski definition) is 0. The molecule has 0 spiro atoms. The number of rotatable bonds is 6. The van der Waals surface area contributed by atoms with Crippen molar-refractivity contribution in [1.29, 1.82) is 5.26 Å². The molecule has 6 nitrogen and oxygen atoms in total. The van der Waals surface area contributed by atoms with E-state index in [1.165, 1.54) is 16.1 Å². The highest BCUT2D eigenvalue weighted by Crippen LogP contribution is 2.10. The summed E-state index contributed by atoms with van der Waals surface area (Å²) in [7, 11) is -1.47. The second-order valence-corrected chi connectivity index (χ2v) is 8.45. The molecule has 0 bridgehead atoms. The molecule has 0 radical (unpaired) electrons. The van der Waals surface area contributed by atoms with Gasteiger partial charge in [-0.25, -0.2) is 12.7 Å². The molecule has 0 N–H and O–H groups in total. The van der Waals surface area contributed by atoms with Gasteiger partial charge in [-0.2, -0.15) is 5.26 Å². The lowest BCUT2D eigenvalue weighted by atomic mass is 10.1. The van der Waals surface area contributed by atoms with E-state index < -0.39 is 10.0 Å². The maximum atomic E-state index is 11.5. The van der Waals surface area contributed by atoms with Gasteiger partial charge in [0.1, 0.15) is 0 Å². The Morgan fingerprint density at radius 3 is 2.38 bits per heavy atom. The number of likely N-dealkylation sites (N-methyl/N-ethyl adjacent to an activating group) is 1. The molecule has 1 fully saturated rings. The third-order valence-corrected chi connectivity index (χ3v) is 5.78. The fourth-order valence-corrected chi connectivity index (χ4v) is 3.21. The molecule has 1 aromatic carbocycles. The Bertz CT molecular complexity index is 667. The zero-order valence-corrected chi connectivity index (χ0v) is 15.3. The van der Waals surface area contributed by atoms with Crippen molar-refractivity contribution in [3.8, 4) is 6.07 Å². The summed E-state index contributed by atoms with van der Waals surface area (Å²) in [6, 6.07) is 9.90. The predicted octanol–water partition coefficient (Wildman–Crippen LogP) is 0.957. The Labute approximate surface area is 145 Å². The monoisotopic (exact) mass is 350 g/mol. The standard InChI is InChI=1S/C17H26N4O2S/c1-19(24(2,22)23)10-11-20-8-3-9-21(13-12-20)15-17-6-4-16(14-18)5-7-17/h4-7H,3,8-13,15H2,1-2H3. The smallest absolute Gasteiger partial charge is 0.210 e. The van der Waals surface area contributed by atoms with Crippen LogP contribution in [-0.2, 0) is 16.6 Å². The van der Waals surface area contributed by atoms with E-state index in [4.69, 9.17) is 5.26 Å². The van der Waals surface area contributed by atoms with E-state index in [0.717, 1.165) is 45.7 Å². The minimum atomic E-state index is -3.10. The van der Waals surface area contributed by atoms with Crippen LogP contribution in [0.15, 0.2) is 24.3 Å². The number of sulfonamides is 1. The third-order valence-electron chi connectivity index (χ3n) is 4.47. The van der Waals surface area contributed by atoms with Crippen LogP contribution < -0.4 is 0 Å². The van der Waals surface area contributed by atoms with Gasteiger partial charge in [0.05, 0.1) is 17.9 Å². The summed E-state index contributed by atoms with van der Waals surface area (Å²) >= 11 is 0. The normalized spacial score (nSPS) is 17.6. The highest BCUT2D eigenvalue weighted by atomic mass is 32.2. The molecule has 0 aromatic heterocycles. The van der Waals surface area contributed by atoms with Gasteiger partial charge in [-0.3, -0.25) is 4.90 Å². The van der Waals surface area contributed by atoms with E-state index in [1.54, 1.807) is 7.05 Å². The summed E-state index contributed by atoms with van der Waals surface area (Å²) in [5.41, 5.74) is 1.91. The van der Waals surface area contributed by atoms with Crippen LogP contribution in [0.5, 0.6) is 0 Å². The minimum Gasteiger partial charge on any atom is -0.301 e. The SMILES string of the molecule is CN(CCN1CCCN(Cc2ccc(C#N)cc2)CC1)S(C)(=O)=O. The fourth-order valence-electron chi connectivity index (χ4n) is 2.80. The highest BCUT2D eigenvalue weighted by molar-refractivity contribution is 7.88. The molecule has 0 aliphatic carbocycles. The Balaban J connectivity index is 1.80. The quantitative estimate of drug-likeness (QED) is 0.764. The Kier molecular flexibility index (Phi) is 6.75. The first-order valence-electron chi connectivity index (χ1n) is 8.23. The zero-order valence-electron chi connectivity index (χ0n) is 14.5. The molecule has 24 heavy (non-hydrogen) atoms. The molecule has 7 heteroatoms. The van der Waals surface area contributed by atoms with Crippen LogP contribution in [0, 0.1) is 11.3 Å². The molecule has 132 valence electrons. The predicted molar refractivity (Wildman–Crippen MR) is 95.0 cm³/mol. The van der Waals surface area contributed by atoms with Gasteiger partial charge in [-0.15, -0.1) is 0 Å². The van der Waals surface area contributed by atoms with Crippen molar-refractivity contribution >= 4 is 10.0 Å². The lowest BCUT2D eigenvalue weighted by Gasteiger charge is -2.23. The van der Waals surface area contributed by atoms with Crippen LogP contribution in [0.25, 0.3) is 0 Å². The number of hydrogen-bond acceptors (Lipinski definition) is 5. The first-order chi connectivity index (χ1) is 11.4. The maximum absolute atomic E-state index is 11.5. The molecule has 0 atom stereocenters. The Morgan fingerprint density at radius 1 is 1.12 bits per heavy atom. The first kappa shape index (κ1) is 18.9. The second-order valence-electron chi connectivity index (χ2n) is 6.36. The summed E-state index contributed by atoms with van der Waals surface area (Å²) in [5, 5.41) is 8.85. The third kappa shape index (κ3) is 5.87. The average molecular weight is 350 g/mol. The molecule has 2 rings (SSSR count). The molecule has 1 aliphatic heterocycles. The summed E-state index contributed by atoms with van der Waals surface area (Å²) in [5.74, 6) is 0. The van der Waals surface area contributed by atoms with Crippen molar-refractivity contribution in [3.63, 3.8) is 0 Å². The maximum Gasteiger partial charge on any atom is 0.210 e. The van der Waals surface area contributed by atoms with E-state index in [2.05, 4.69) is 15.9 Å². The minimum absolute atomic E-state index is 0.536. The summed E-state index contributed by atoms with van der Waals surface area (Å²) in [6.45, 7) is 6.17. The van der Waals surface area contributed by atoms with Gasteiger partial charge < -0.3 is 4.90 Å². The summed E-state index contributed by atoms with van der Waals surface area (Å²) in [4.78, 5) is 4.75. The van der Waals surface area contributed by atoms with Crippen molar-refractivity contribution in [1.82, 2.24) is 14.1 Å². The van der Waals surface area contributed by atoms with Gasteiger partial charge in [0.25, 0.3) is 0 Å². The first-order valence-corrected chi connectivity index (χ1v) is 10.1. The molecule has 0 amide bonds. The van der Waals surface area contributed by atoms with Crippen LogP contribution in [-0.4, -0.2) is 75.1 Å². The second kappa shape index (κ2) is 8.58. The van der Waals surface area contributed by atoms with Gasteiger partial charge in [-0.05, 0) is 37.2 Å². The van der Waals surface area contributed by atoms with Crippen molar-refractivity contribution in [2.24, 2.45) is 0 Å². The van der Waals surface area contributed by atoms with Gasteiger partial charge in [0.15, 0.2) is 0 Å². The number of nitrogens with zero attached hydrogens (tertiary/aromatic N) is 4. The molecule has 1 aliphatic rings. The highest BCUT2D eigenvalue weighted by Gasteiger charge is 2.17. The van der Waals surface area contributed by atoms with Crippen molar-refractivity contribution in [3.05, 3.63) is 35.4 Å². The summed E-state index contributed by atoms with van der Waals surface area (Å²) in [6.07, 6.45) is 2.33. The molecular weight excluding hydrogens is 324 g/mol. The van der Waals surface area contributed by atoms with E-state index in [0.29, 0.717) is 12.1 Å². The molecule has 0 saturated carbocycles. The molecule has 1 saturated heterocycles. The lowest BCUT2D eigenvalue weighted by molar-refractivity contribution is 0.244. The average Bonchev–Trinajstić information content (AvgIpc) is 2.77. The van der Waals surface area contributed by atoms with Crippen LogP contribution in [0.1, 0.15) is 17.5 Å². The van der Waals surface area contributed by atoms with E-state index in [1.807, 2.05) is 24.3 Å². The van der Waals surface area contributed by atoms with E-state index in [9.17, 15) is 8.42 Å². The van der Waals surface area contributed by atoms with Crippen LogP contribution in [0.2, 0.25) is 0 Å². The van der Waals surface area contributed by atoms with Gasteiger partial charge in [-0.1, -0.05) is 12.1 Å². The van der Waals surface area contributed by atoms with Crippen molar-refractivity contribution in [2.75, 3.05) is 52.6 Å². The van der Waals surface area contributed by atoms with E-state index in [-0.39, 0.29) is 0 Å². The van der Waals surface area contributed by atoms with Gasteiger partial charge in [0.2, 0.25) is 10.0 Å². The fraction of sp³-hybridized carbons (Fsp3) is 0.588. The Morgan fingerprint density at radius 2 is 1.75 bits per heavy atom. The zero-order chi connectivity index (χ0) is 17.6. The Hall–Kier alpha value is -1.46. The van der Waals surface area contributed by atoms with Crippen molar-refractivity contribution < 1.29 is 8.42 Å². The van der Waals surface area contributed by atoms with Gasteiger partial charge >= 0.3 is 0 Å². The molecule has 1 heterocycles. The van der Waals surface area contributed by atoms with Crippen LogP contribution >= 0.6 is 0 Å². The topological polar surface area (TPSA) is 67.7 Å². The number of benzene rings is 1.